The lowest BCUT2D eigenvalue weighted by Gasteiger charge is -2.34. The van der Waals surface area contributed by atoms with Crippen LogP contribution in [0.2, 0.25) is 0 Å². The number of aryl methyl sites for hydroxylation is 4. The van der Waals surface area contributed by atoms with Gasteiger partial charge in [-0.2, -0.15) is 5.10 Å². The number of carbonyl (C=O) groups is 1. The number of methoxy groups -OCH3 is 1. The summed E-state index contributed by atoms with van der Waals surface area (Å²) in [5, 5.41) is 17.1. The Balaban J connectivity index is 0.000000192. The van der Waals surface area contributed by atoms with Crippen molar-refractivity contribution in [3.63, 3.8) is 0 Å². The molecule has 6 N–H and O–H groups in total. The standard InChI is InChI=1S/C22H25N7O.C12H18N4O.C10H13N3O.C2H6O.I2/c1-4-17-20-12-19(26-29(20)13-14(2)23-17)21-24-18-6-5-15(11-16(18)22(30)25-21)28-9-7-27(3)8-10-28;1-15-4-6-16(7-5-15)9-2-3-11(13)10(8-9)12(14)17;1-4-8-9-5-10(14-3)12-13(9)6-7(2)11-8;1-2-3;1-2/h5-6,11-13H,4,7-10H2,1-3H3,(H,24,25,30);2-3,8H,4-7,13H2,1H3,(H2,14,17);5-6H,4H2,1-3H3;3H,2H2,1H3;. The van der Waals surface area contributed by atoms with E-state index in [1.165, 1.54) is 0 Å². The van der Waals surface area contributed by atoms with Crippen molar-refractivity contribution in [2.45, 2.75) is 47.5 Å². The first-order chi connectivity index (χ1) is 31.7. The number of aliphatic hydroxyl groups is 1. The number of fused-ring (bicyclic) bond motifs is 3. The Hall–Kier alpha value is -5.17. The van der Waals surface area contributed by atoms with Gasteiger partial charge in [-0.3, -0.25) is 19.6 Å². The molecule has 7 heterocycles. The zero-order chi connectivity index (χ0) is 48.1. The number of aliphatic hydroxyl groups excluding tert-OH is 1. The van der Waals surface area contributed by atoms with Crippen molar-refractivity contribution in [2.75, 3.05) is 95.7 Å². The number of hydrogen-bond donors (Lipinski definition) is 4. The second-order valence-corrected chi connectivity index (χ2v) is 15.9. The van der Waals surface area contributed by atoms with Gasteiger partial charge in [0, 0.05) is 119 Å². The number of anilines is 3. The smallest absolute Gasteiger partial charge is 0.259 e. The second-order valence-electron chi connectivity index (χ2n) is 15.9. The number of carbonyl (C=O) groups excluding carboxylic acids is 1. The summed E-state index contributed by atoms with van der Waals surface area (Å²) in [5.74, 6) is 0.633. The Labute approximate surface area is 409 Å². The highest BCUT2D eigenvalue weighted by Crippen LogP contribution is 2.25. The number of rotatable bonds is 7. The van der Waals surface area contributed by atoms with Crippen LogP contribution in [-0.4, -0.2) is 140 Å². The molecule has 7 aromatic rings. The van der Waals surface area contributed by atoms with Crippen molar-refractivity contribution < 1.29 is 14.6 Å². The first-order valence-corrected chi connectivity index (χ1v) is 28.2. The monoisotopic (exact) mass is 1130 g/mol. The lowest BCUT2D eigenvalue weighted by Crippen LogP contribution is -2.44. The Kier molecular flexibility index (Phi) is 19.3. The zero-order valence-corrected chi connectivity index (χ0v) is 43.4. The maximum absolute atomic E-state index is 12.9. The molecule has 0 saturated carbocycles. The van der Waals surface area contributed by atoms with Crippen LogP contribution in [0.1, 0.15) is 53.9 Å². The number of nitrogens with one attached hydrogen (secondary N) is 1. The second kappa shape index (κ2) is 24.6. The zero-order valence-electron chi connectivity index (χ0n) is 39.1. The van der Waals surface area contributed by atoms with Crippen LogP contribution in [-0.2, 0) is 12.8 Å². The van der Waals surface area contributed by atoms with Gasteiger partial charge in [-0.1, -0.05) is 13.8 Å². The van der Waals surface area contributed by atoms with E-state index < -0.39 is 5.91 Å². The van der Waals surface area contributed by atoms with Crippen molar-refractivity contribution in [1.29, 1.82) is 0 Å². The van der Waals surface area contributed by atoms with Crippen LogP contribution in [0, 0.1) is 13.8 Å². The minimum atomic E-state index is -0.474. The van der Waals surface area contributed by atoms with Crippen molar-refractivity contribution in [1.82, 2.24) is 49.0 Å². The van der Waals surface area contributed by atoms with E-state index in [0.29, 0.717) is 39.6 Å². The van der Waals surface area contributed by atoms with E-state index in [0.717, 1.165) is 110 Å². The number of amides is 1. The van der Waals surface area contributed by atoms with Gasteiger partial charge < -0.3 is 45.9 Å². The number of nitrogens with two attached hydrogens (primary N) is 2. The highest BCUT2D eigenvalue weighted by molar-refractivity contribution is 15.0. The molecule has 0 spiro atoms. The van der Waals surface area contributed by atoms with Crippen LogP contribution in [0.3, 0.4) is 0 Å². The SMILES string of the molecule is CCO.CCc1nc(C)cn2nc(-c3nc4ccc(N5CCN(C)CC5)cc4c(=O)[nH]3)cc12.CCc1nc(C)cn2nc(OC)cc12.CN1CCN(c2ccc(N)c(C(N)=O)c2)CC1.II. The number of benzene rings is 2. The summed E-state index contributed by atoms with van der Waals surface area (Å²) in [6, 6.07) is 15.2. The third-order valence-corrected chi connectivity index (χ3v) is 11.1. The summed E-state index contributed by atoms with van der Waals surface area (Å²) in [5.41, 5.74) is 21.0. The van der Waals surface area contributed by atoms with Crippen molar-refractivity contribution >= 4 is 82.1 Å². The molecule has 66 heavy (non-hydrogen) atoms. The summed E-state index contributed by atoms with van der Waals surface area (Å²) < 4.78 is 8.71. The predicted octanol–water partition coefficient (Wildman–Crippen LogP) is 5.75. The summed E-state index contributed by atoms with van der Waals surface area (Å²) in [4.78, 5) is 49.9. The highest BCUT2D eigenvalue weighted by Gasteiger charge is 2.19. The molecule has 9 rings (SSSR count). The molecule has 2 saturated heterocycles. The van der Waals surface area contributed by atoms with E-state index in [-0.39, 0.29) is 12.2 Å². The minimum Gasteiger partial charge on any atom is -0.480 e. The van der Waals surface area contributed by atoms with Gasteiger partial charge in [-0.05, 0) is 90.2 Å². The quantitative estimate of drug-likeness (QED) is 0.110. The van der Waals surface area contributed by atoms with Gasteiger partial charge in [0.25, 0.3) is 11.5 Å². The van der Waals surface area contributed by atoms with E-state index in [2.05, 4.69) is 116 Å². The van der Waals surface area contributed by atoms with Crippen LogP contribution in [0.5, 0.6) is 5.88 Å². The van der Waals surface area contributed by atoms with Gasteiger partial charge in [0.2, 0.25) is 5.88 Å². The van der Waals surface area contributed by atoms with E-state index in [9.17, 15) is 9.59 Å². The molecule has 0 bridgehead atoms. The number of nitrogens with zero attached hydrogens (tertiary/aromatic N) is 11. The van der Waals surface area contributed by atoms with Gasteiger partial charge in [-0.25, -0.2) is 14.0 Å². The Morgan fingerprint density at radius 3 is 1.77 bits per heavy atom. The van der Waals surface area contributed by atoms with Gasteiger partial charge in [0.1, 0.15) is 5.69 Å². The van der Waals surface area contributed by atoms with Crippen molar-refractivity contribution in [3.8, 4) is 17.4 Å². The molecule has 1 amide bonds. The number of H-pyrrole nitrogens is 1. The van der Waals surface area contributed by atoms with Gasteiger partial charge in [-0.15, -0.1) is 5.10 Å². The number of nitrogen functional groups attached to an aromatic ring is 1. The van der Waals surface area contributed by atoms with Crippen LogP contribution in [0.4, 0.5) is 17.1 Å². The number of likely N-dealkylation sites (N-methyl/N-ethyl adjacent to an activating group) is 2. The van der Waals surface area contributed by atoms with Crippen LogP contribution < -0.4 is 31.6 Å². The molecule has 0 unspecified atom stereocenters. The van der Waals surface area contributed by atoms with E-state index in [4.69, 9.17) is 26.3 Å². The summed E-state index contributed by atoms with van der Waals surface area (Å²) >= 11 is 4.24. The molecule has 5 aromatic heterocycles. The fraction of sp³-hybridized carbons (Fsp3) is 0.413. The van der Waals surface area contributed by atoms with Crippen LogP contribution >= 0.6 is 37.2 Å². The molecule has 0 aliphatic carbocycles. The fourth-order valence-corrected chi connectivity index (χ4v) is 7.61. The Morgan fingerprint density at radius 1 is 0.758 bits per heavy atom. The van der Waals surface area contributed by atoms with E-state index in [1.807, 2.05) is 65.6 Å². The maximum Gasteiger partial charge on any atom is 0.259 e. The molecule has 2 aromatic carbocycles. The molecule has 18 nitrogen and oxygen atoms in total. The van der Waals surface area contributed by atoms with Crippen molar-refractivity contribution in [3.05, 3.63) is 99.6 Å². The van der Waals surface area contributed by atoms with Crippen LogP contribution in [0.15, 0.2) is 65.7 Å². The Bertz CT molecular complexity index is 2760. The molecule has 0 radical (unpaired) electrons. The lowest BCUT2D eigenvalue weighted by molar-refractivity contribution is 0.100. The number of primary amides is 1. The largest absolute Gasteiger partial charge is 0.480 e. The lowest BCUT2D eigenvalue weighted by atomic mass is 10.1. The topological polar surface area (TPSA) is 218 Å². The molecular weight excluding hydrogens is 1070 g/mol. The summed E-state index contributed by atoms with van der Waals surface area (Å²) in [7, 11) is 5.86. The predicted molar refractivity (Wildman–Crippen MR) is 282 cm³/mol. The molecule has 2 fully saturated rings. The molecule has 354 valence electrons. The average molecular weight is 1130 g/mol. The molecule has 2 aliphatic heterocycles. The van der Waals surface area contributed by atoms with E-state index >= 15 is 0 Å². The number of aromatic nitrogens is 8. The maximum atomic E-state index is 12.9. The number of aromatic amines is 1. The normalized spacial score (nSPS) is 14.0. The van der Waals surface area contributed by atoms with Crippen molar-refractivity contribution in [2.24, 2.45) is 5.73 Å². The van der Waals surface area contributed by atoms with Crippen LogP contribution in [0.25, 0.3) is 33.5 Å². The molecule has 0 atom stereocenters. The molecule has 20 heteroatoms. The third kappa shape index (κ3) is 13.0. The first kappa shape index (κ1) is 51.8. The summed E-state index contributed by atoms with van der Waals surface area (Å²) in [6.45, 7) is 17.9. The summed E-state index contributed by atoms with van der Waals surface area (Å²) in [6.07, 6.45) is 5.50. The number of halogens is 2. The number of ether oxygens (including phenoxy) is 1. The number of piperazine rings is 2. The molecule has 2 aliphatic rings. The Morgan fingerprint density at radius 2 is 1.26 bits per heavy atom. The van der Waals surface area contributed by atoms with Gasteiger partial charge in [0.15, 0.2) is 5.82 Å². The fourth-order valence-electron chi connectivity index (χ4n) is 7.61. The first-order valence-electron chi connectivity index (χ1n) is 21.9. The average Bonchev–Trinajstić information content (AvgIpc) is 3.95. The molecular formula is C46H62I2N14O4. The van der Waals surface area contributed by atoms with Gasteiger partial charge in [0.05, 0.1) is 69.8 Å². The third-order valence-electron chi connectivity index (χ3n) is 11.1. The number of hydrogen-bond acceptors (Lipinski definition) is 14. The highest BCUT2D eigenvalue weighted by atomic mass is 128. The van der Waals surface area contributed by atoms with E-state index in [1.54, 1.807) is 26.2 Å². The van der Waals surface area contributed by atoms with Gasteiger partial charge >= 0.3 is 0 Å². The minimum absolute atomic E-state index is 0.145.